The first kappa shape index (κ1) is 9.73. The first-order chi connectivity index (χ1) is 5.95. The van der Waals surface area contributed by atoms with E-state index >= 15 is 0 Å². The Morgan fingerprint density at radius 2 is 2.00 bits per heavy atom. The molecule has 2 N–H and O–H groups in total. The lowest BCUT2D eigenvalue weighted by Crippen LogP contribution is -2.02. The predicted octanol–water partition coefficient (Wildman–Crippen LogP) is 2.02. The standard InChI is InChI=1S/C7H3ClF2O3/c8-5-2(9)1-3(11)4(6(5)10)7(12)13/h1,11H,(H,12,13). The molecule has 0 aliphatic heterocycles. The van der Waals surface area contributed by atoms with Crippen LogP contribution in [-0.2, 0) is 0 Å². The zero-order valence-electron chi connectivity index (χ0n) is 6.01. The minimum absolute atomic E-state index is 0.439. The molecule has 1 rings (SSSR count). The van der Waals surface area contributed by atoms with Crippen LogP contribution < -0.4 is 0 Å². The van der Waals surface area contributed by atoms with Crippen molar-refractivity contribution in [3.63, 3.8) is 0 Å². The van der Waals surface area contributed by atoms with Gasteiger partial charge in [0.1, 0.15) is 22.2 Å². The smallest absolute Gasteiger partial charge is 0.342 e. The second-order valence-corrected chi connectivity index (χ2v) is 2.56. The Balaban J connectivity index is 3.53. The lowest BCUT2D eigenvalue weighted by atomic mass is 10.2. The topological polar surface area (TPSA) is 57.5 Å². The molecule has 0 spiro atoms. The molecule has 0 unspecified atom stereocenters. The van der Waals surface area contributed by atoms with Gasteiger partial charge in [0, 0.05) is 6.07 Å². The van der Waals surface area contributed by atoms with Crippen molar-refractivity contribution in [3.05, 3.63) is 28.3 Å². The monoisotopic (exact) mass is 208 g/mol. The van der Waals surface area contributed by atoms with Crippen LogP contribution in [0.15, 0.2) is 6.07 Å². The molecule has 0 saturated carbocycles. The van der Waals surface area contributed by atoms with Gasteiger partial charge >= 0.3 is 5.97 Å². The summed E-state index contributed by atoms with van der Waals surface area (Å²) >= 11 is 5.07. The number of aromatic carboxylic acids is 1. The molecule has 1 aromatic rings. The van der Waals surface area contributed by atoms with Crippen molar-refractivity contribution in [1.82, 2.24) is 0 Å². The molecular formula is C7H3ClF2O3. The maximum absolute atomic E-state index is 12.9. The Morgan fingerprint density at radius 3 is 2.46 bits per heavy atom. The van der Waals surface area contributed by atoms with Crippen LogP contribution in [0.3, 0.4) is 0 Å². The van der Waals surface area contributed by atoms with Crippen LogP contribution in [0.2, 0.25) is 5.02 Å². The third kappa shape index (κ3) is 1.55. The van der Waals surface area contributed by atoms with Gasteiger partial charge in [-0.05, 0) is 0 Å². The lowest BCUT2D eigenvalue weighted by molar-refractivity contribution is 0.0688. The normalized spacial score (nSPS) is 10.1. The number of rotatable bonds is 1. The quantitative estimate of drug-likeness (QED) is 0.695. The molecule has 3 nitrogen and oxygen atoms in total. The largest absolute Gasteiger partial charge is 0.507 e. The van der Waals surface area contributed by atoms with Crippen LogP contribution in [0, 0.1) is 11.6 Å². The summed E-state index contributed by atoms with van der Waals surface area (Å²) in [7, 11) is 0. The highest BCUT2D eigenvalue weighted by Crippen LogP contribution is 2.29. The van der Waals surface area contributed by atoms with E-state index < -0.39 is 33.9 Å². The molecule has 70 valence electrons. The van der Waals surface area contributed by atoms with Gasteiger partial charge in [0.25, 0.3) is 0 Å². The maximum Gasteiger partial charge on any atom is 0.342 e. The van der Waals surface area contributed by atoms with E-state index in [4.69, 9.17) is 21.8 Å². The van der Waals surface area contributed by atoms with Crippen molar-refractivity contribution in [2.24, 2.45) is 0 Å². The van der Waals surface area contributed by atoms with Gasteiger partial charge in [-0.25, -0.2) is 13.6 Å². The molecular weight excluding hydrogens is 206 g/mol. The Bertz CT molecular complexity index is 378. The van der Waals surface area contributed by atoms with Crippen LogP contribution in [0.1, 0.15) is 10.4 Å². The van der Waals surface area contributed by atoms with Gasteiger partial charge in [-0.15, -0.1) is 0 Å². The summed E-state index contributed by atoms with van der Waals surface area (Å²) in [6.45, 7) is 0. The minimum atomic E-state index is -1.71. The highest BCUT2D eigenvalue weighted by Gasteiger charge is 2.21. The fourth-order valence-corrected chi connectivity index (χ4v) is 0.935. The fourth-order valence-electron chi connectivity index (χ4n) is 0.786. The van der Waals surface area contributed by atoms with Gasteiger partial charge in [-0.1, -0.05) is 11.6 Å². The Kier molecular flexibility index (Phi) is 2.38. The molecule has 6 heteroatoms. The summed E-state index contributed by atoms with van der Waals surface area (Å²) in [5.74, 6) is -5.39. The van der Waals surface area contributed by atoms with E-state index in [0.717, 1.165) is 0 Å². The van der Waals surface area contributed by atoms with Gasteiger partial charge in [0.05, 0.1) is 0 Å². The number of carbonyl (C=O) groups is 1. The number of carboxylic acid groups (broad SMARTS) is 1. The minimum Gasteiger partial charge on any atom is -0.507 e. The predicted molar refractivity (Wildman–Crippen MR) is 40.0 cm³/mol. The molecule has 0 bridgehead atoms. The number of phenols is 1. The number of carboxylic acids is 1. The van der Waals surface area contributed by atoms with Gasteiger partial charge in [-0.2, -0.15) is 0 Å². The van der Waals surface area contributed by atoms with E-state index in [1.54, 1.807) is 0 Å². The first-order valence-electron chi connectivity index (χ1n) is 3.05. The number of aromatic hydroxyl groups is 1. The number of halogens is 3. The van der Waals surface area contributed by atoms with Crippen LogP contribution in [0.4, 0.5) is 8.78 Å². The van der Waals surface area contributed by atoms with E-state index in [1.165, 1.54) is 0 Å². The average Bonchev–Trinajstić information content (AvgIpc) is 1.99. The molecule has 13 heavy (non-hydrogen) atoms. The zero-order valence-corrected chi connectivity index (χ0v) is 6.77. The highest BCUT2D eigenvalue weighted by atomic mass is 35.5. The van der Waals surface area contributed by atoms with Gasteiger partial charge < -0.3 is 10.2 Å². The molecule has 0 fully saturated rings. The summed E-state index contributed by atoms with van der Waals surface area (Å²) in [6.07, 6.45) is 0. The van der Waals surface area contributed by atoms with Gasteiger partial charge in [-0.3, -0.25) is 0 Å². The third-order valence-electron chi connectivity index (χ3n) is 1.36. The molecule has 0 aliphatic carbocycles. The zero-order chi connectivity index (χ0) is 10.2. The Labute approximate surface area is 76.2 Å². The molecule has 1 aromatic carbocycles. The summed E-state index contributed by atoms with van der Waals surface area (Å²) < 4.78 is 25.4. The Morgan fingerprint density at radius 1 is 1.46 bits per heavy atom. The average molecular weight is 209 g/mol. The molecule has 0 aliphatic rings. The van der Waals surface area contributed by atoms with Crippen molar-refractivity contribution in [3.8, 4) is 5.75 Å². The molecule has 0 aromatic heterocycles. The number of hydrogen-bond acceptors (Lipinski definition) is 2. The third-order valence-corrected chi connectivity index (χ3v) is 1.70. The van der Waals surface area contributed by atoms with E-state index in [2.05, 4.69) is 0 Å². The molecule has 0 atom stereocenters. The molecule has 0 radical (unpaired) electrons. The number of benzene rings is 1. The number of hydrogen-bond donors (Lipinski definition) is 2. The van der Waals surface area contributed by atoms with E-state index in [9.17, 15) is 13.6 Å². The maximum atomic E-state index is 12.9. The molecule has 0 saturated heterocycles. The lowest BCUT2D eigenvalue weighted by Gasteiger charge is -2.03. The van der Waals surface area contributed by atoms with E-state index in [-0.39, 0.29) is 0 Å². The van der Waals surface area contributed by atoms with Gasteiger partial charge in [0.15, 0.2) is 5.82 Å². The summed E-state index contributed by atoms with van der Waals surface area (Å²) in [6, 6.07) is 0.439. The van der Waals surface area contributed by atoms with Crippen molar-refractivity contribution >= 4 is 17.6 Å². The van der Waals surface area contributed by atoms with Crippen LogP contribution in [-0.4, -0.2) is 16.2 Å². The van der Waals surface area contributed by atoms with E-state index in [0.29, 0.717) is 6.07 Å². The Hall–Kier alpha value is -1.36. The summed E-state index contributed by atoms with van der Waals surface area (Å²) in [5.41, 5.74) is -1.04. The second kappa shape index (κ2) is 3.18. The van der Waals surface area contributed by atoms with Gasteiger partial charge in [0.2, 0.25) is 0 Å². The first-order valence-corrected chi connectivity index (χ1v) is 3.42. The summed E-state index contributed by atoms with van der Waals surface area (Å²) in [5, 5.41) is 16.3. The van der Waals surface area contributed by atoms with E-state index in [1.807, 2.05) is 0 Å². The van der Waals surface area contributed by atoms with Crippen LogP contribution in [0.25, 0.3) is 0 Å². The van der Waals surface area contributed by atoms with Crippen molar-refractivity contribution in [2.45, 2.75) is 0 Å². The summed E-state index contributed by atoms with van der Waals surface area (Å²) in [4.78, 5) is 10.3. The van der Waals surface area contributed by atoms with Crippen molar-refractivity contribution < 1.29 is 23.8 Å². The van der Waals surface area contributed by atoms with Crippen LogP contribution in [0.5, 0.6) is 5.75 Å². The second-order valence-electron chi connectivity index (χ2n) is 2.19. The van der Waals surface area contributed by atoms with Crippen molar-refractivity contribution in [1.29, 1.82) is 0 Å². The highest BCUT2D eigenvalue weighted by molar-refractivity contribution is 6.31. The van der Waals surface area contributed by atoms with Crippen LogP contribution >= 0.6 is 11.6 Å². The van der Waals surface area contributed by atoms with Crippen molar-refractivity contribution in [2.75, 3.05) is 0 Å². The molecule has 0 heterocycles. The fraction of sp³-hybridized carbons (Fsp3) is 0. The molecule has 0 amide bonds. The SMILES string of the molecule is O=C(O)c1c(O)cc(F)c(Cl)c1F.